The monoisotopic (exact) mass is 286 g/mol. The van der Waals surface area contributed by atoms with E-state index in [0.717, 1.165) is 23.1 Å². The Labute approximate surface area is 125 Å². The lowest BCUT2D eigenvalue weighted by Gasteiger charge is -2.20. The first kappa shape index (κ1) is 15.3. The van der Waals surface area contributed by atoms with Crippen LogP contribution in [0.2, 0.25) is 0 Å². The molecule has 0 atom stereocenters. The number of hydrogen-bond donors (Lipinski definition) is 1. The van der Waals surface area contributed by atoms with Gasteiger partial charge in [-0.2, -0.15) is 0 Å². The number of para-hydroxylation sites is 1. The molecule has 2 aromatic rings. The zero-order valence-electron chi connectivity index (χ0n) is 13.1. The van der Waals surface area contributed by atoms with E-state index in [-0.39, 0.29) is 5.91 Å². The van der Waals surface area contributed by atoms with Crippen LogP contribution in [-0.4, -0.2) is 62.0 Å². The van der Waals surface area contributed by atoms with Gasteiger partial charge in [-0.1, -0.05) is 18.2 Å². The van der Waals surface area contributed by atoms with Crippen LogP contribution in [0.25, 0.3) is 10.9 Å². The maximum Gasteiger partial charge on any atom is 0.272 e. The lowest BCUT2D eigenvalue weighted by atomic mass is 10.1. The summed E-state index contributed by atoms with van der Waals surface area (Å²) in [6, 6.07) is 9.64. The van der Waals surface area contributed by atoms with Gasteiger partial charge in [-0.25, -0.2) is 4.98 Å². The number of fused-ring (bicyclic) bond motifs is 1. The molecule has 1 N–H and O–H groups in total. The molecule has 0 aliphatic heterocycles. The van der Waals surface area contributed by atoms with Crippen molar-refractivity contribution >= 4 is 22.5 Å². The number of carbonyl (C=O) groups is 1. The number of benzene rings is 1. The molecule has 1 aromatic heterocycles. The smallest absolute Gasteiger partial charge is 0.272 e. The third-order valence-corrected chi connectivity index (χ3v) is 3.43. The van der Waals surface area contributed by atoms with Crippen molar-refractivity contribution in [1.82, 2.24) is 14.8 Å². The average molecular weight is 286 g/mol. The molecule has 0 aliphatic carbocycles. The van der Waals surface area contributed by atoms with E-state index >= 15 is 0 Å². The summed E-state index contributed by atoms with van der Waals surface area (Å²) in [6.45, 7) is 1.50. The van der Waals surface area contributed by atoms with Gasteiger partial charge in [-0.3, -0.25) is 4.79 Å². The van der Waals surface area contributed by atoms with E-state index in [1.165, 1.54) is 0 Å². The highest BCUT2D eigenvalue weighted by molar-refractivity contribution is 5.99. The summed E-state index contributed by atoms with van der Waals surface area (Å²) in [7, 11) is 7.64. The fourth-order valence-corrected chi connectivity index (χ4v) is 2.14. The van der Waals surface area contributed by atoms with E-state index in [9.17, 15) is 4.79 Å². The number of aromatic nitrogens is 1. The van der Waals surface area contributed by atoms with Crippen molar-refractivity contribution in [3.05, 3.63) is 36.0 Å². The third-order valence-electron chi connectivity index (χ3n) is 3.43. The second-order valence-electron chi connectivity index (χ2n) is 5.35. The molecule has 0 bridgehead atoms. The highest BCUT2D eigenvalue weighted by Crippen LogP contribution is 2.23. The summed E-state index contributed by atoms with van der Waals surface area (Å²) in [5, 5.41) is 4.16. The highest BCUT2D eigenvalue weighted by Gasteiger charge is 2.15. The van der Waals surface area contributed by atoms with Crippen LogP contribution in [0.5, 0.6) is 0 Å². The summed E-state index contributed by atoms with van der Waals surface area (Å²) in [5.41, 5.74) is 2.22. The van der Waals surface area contributed by atoms with Crippen LogP contribution in [0.15, 0.2) is 30.3 Å². The topological polar surface area (TPSA) is 48.5 Å². The Morgan fingerprint density at radius 3 is 2.57 bits per heavy atom. The molecule has 0 saturated carbocycles. The molecule has 5 nitrogen and oxygen atoms in total. The van der Waals surface area contributed by atoms with Crippen molar-refractivity contribution in [3.63, 3.8) is 0 Å². The molecule has 1 heterocycles. The molecule has 1 amide bonds. The van der Waals surface area contributed by atoms with Gasteiger partial charge < -0.3 is 15.1 Å². The summed E-state index contributed by atoms with van der Waals surface area (Å²) in [4.78, 5) is 20.7. The number of hydrogen-bond acceptors (Lipinski definition) is 4. The van der Waals surface area contributed by atoms with E-state index < -0.39 is 0 Å². The van der Waals surface area contributed by atoms with Crippen LogP contribution in [0.4, 0.5) is 5.69 Å². The second kappa shape index (κ2) is 6.54. The predicted molar refractivity (Wildman–Crippen MR) is 86.8 cm³/mol. The Morgan fingerprint density at radius 1 is 1.19 bits per heavy atom. The first-order chi connectivity index (χ1) is 10.0. The Morgan fingerprint density at radius 2 is 1.90 bits per heavy atom. The number of carbonyl (C=O) groups excluding carboxylic acids is 1. The lowest BCUT2D eigenvalue weighted by molar-refractivity contribution is 0.0781. The van der Waals surface area contributed by atoms with Crippen LogP contribution in [0.1, 0.15) is 10.5 Å². The molecule has 0 aliphatic rings. The number of rotatable bonds is 5. The minimum Gasteiger partial charge on any atom is -0.388 e. The summed E-state index contributed by atoms with van der Waals surface area (Å²) in [6.07, 6.45) is 0. The number of pyridine rings is 1. The van der Waals surface area contributed by atoms with Gasteiger partial charge in [-0.05, 0) is 26.2 Å². The number of nitrogens with one attached hydrogen (secondary N) is 1. The van der Waals surface area contributed by atoms with E-state index in [1.807, 2.05) is 58.5 Å². The number of amides is 1. The fourth-order valence-electron chi connectivity index (χ4n) is 2.14. The summed E-state index contributed by atoms with van der Waals surface area (Å²) >= 11 is 0. The summed E-state index contributed by atoms with van der Waals surface area (Å²) in [5.74, 6) is -0.0564. The minimum absolute atomic E-state index is 0.0564. The molecular weight excluding hydrogens is 264 g/mol. The fraction of sp³-hybridized carbons (Fsp3) is 0.375. The van der Waals surface area contributed by atoms with Gasteiger partial charge in [0, 0.05) is 38.3 Å². The zero-order valence-corrected chi connectivity index (χ0v) is 13.1. The van der Waals surface area contributed by atoms with E-state index in [1.54, 1.807) is 4.90 Å². The Hall–Kier alpha value is -2.14. The molecule has 112 valence electrons. The van der Waals surface area contributed by atoms with Gasteiger partial charge in [0.15, 0.2) is 0 Å². The maximum atomic E-state index is 12.5. The molecule has 1 aromatic carbocycles. The van der Waals surface area contributed by atoms with E-state index in [4.69, 9.17) is 0 Å². The molecule has 0 radical (unpaired) electrons. The quantitative estimate of drug-likeness (QED) is 0.912. The largest absolute Gasteiger partial charge is 0.388 e. The van der Waals surface area contributed by atoms with Crippen molar-refractivity contribution in [2.45, 2.75) is 0 Å². The van der Waals surface area contributed by atoms with Gasteiger partial charge in [0.2, 0.25) is 0 Å². The molecular formula is C16H22N4O. The van der Waals surface area contributed by atoms with Crippen molar-refractivity contribution in [3.8, 4) is 0 Å². The van der Waals surface area contributed by atoms with Crippen LogP contribution in [0.3, 0.4) is 0 Å². The molecule has 0 fully saturated rings. The van der Waals surface area contributed by atoms with Gasteiger partial charge in [0.1, 0.15) is 5.69 Å². The zero-order chi connectivity index (χ0) is 15.4. The van der Waals surface area contributed by atoms with Crippen LogP contribution in [-0.2, 0) is 0 Å². The van der Waals surface area contributed by atoms with E-state index in [0.29, 0.717) is 12.2 Å². The number of nitrogens with zero attached hydrogens (tertiary/aromatic N) is 3. The standard InChI is InChI=1S/C16H22N4O/c1-17-14-11-15(16(21)20(4)10-9-19(2)3)18-13-8-6-5-7-12(13)14/h5-8,11H,9-10H2,1-4H3,(H,17,18). The molecule has 5 heteroatoms. The van der Waals surface area contributed by atoms with Crippen LogP contribution in [0, 0.1) is 0 Å². The normalized spacial score (nSPS) is 10.9. The molecule has 0 unspecified atom stereocenters. The third kappa shape index (κ3) is 3.49. The molecule has 0 saturated heterocycles. The van der Waals surface area contributed by atoms with Gasteiger partial charge >= 0.3 is 0 Å². The van der Waals surface area contributed by atoms with Crippen molar-refractivity contribution < 1.29 is 4.79 Å². The first-order valence-corrected chi connectivity index (χ1v) is 7.00. The SMILES string of the molecule is CNc1cc(C(=O)N(C)CCN(C)C)nc2ccccc12. The second-order valence-corrected chi connectivity index (χ2v) is 5.35. The highest BCUT2D eigenvalue weighted by atomic mass is 16.2. The summed E-state index contributed by atoms with van der Waals surface area (Å²) < 4.78 is 0. The first-order valence-electron chi connectivity index (χ1n) is 7.00. The number of likely N-dealkylation sites (N-methyl/N-ethyl adjacent to an activating group) is 2. The van der Waals surface area contributed by atoms with Gasteiger partial charge in [0.05, 0.1) is 5.52 Å². The van der Waals surface area contributed by atoms with Crippen LogP contribution >= 0.6 is 0 Å². The van der Waals surface area contributed by atoms with Gasteiger partial charge in [-0.15, -0.1) is 0 Å². The maximum absolute atomic E-state index is 12.5. The van der Waals surface area contributed by atoms with E-state index in [2.05, 4.69) is 15.2 Å². The number of anilines is 1. The average Bonchev–Trinajstić information content (AvgIpc) is 2.50. The lowest BCUT2D eigenvalue weighted by Crippen LogP contribution is -2.34. The Kier molecular flexibility index (Phi) is 4.75. The molecule has 0 spiro atoms. The van der Waals surface area contributed by atoms with Crippen molar-refractivity contribution in [2.75, 3.05) is 46.6 Å². The van der Waals surface area contributed by atoms with Crippen LogP contribution < -0.4 is 5.32 Å². The van der Waals surface area contributed by atoms with Crippen molar-refractivity contribution in [2.24, 2.45) is 0 Å². The Bertz CT molecular complexity index is 639. The predicted octanol–water partition coefficient (Wildman–Crippen LogP) is 1.91. The Balaban J connectivity index is 2.31. The molecule has 2 rings (SSSR count). The van der Waals surface area contributed by atoms with Gasteiger partial charge in [0.25, 0.3) is 5.91 Å². The minimum atomic E-state index is -0.0564. The van der Waals surface area contributed by atoms with Crippen molar-refractivity contribution in [1.29, 1.82) is 0 Å². The molecule has 21 heavy (non-hydrogen) atoms.